The van der Waals surface area contributed by atoms with Crippen molar-refractivity contribution in [2.75, 3.05) is 0 Å². The first-order valence-corrected chi connectivity index (χ1v) is 8.53. The lowest BCUT2D eigenvalue weighted by molar-refractivity contribution is -0.385. The van der Waals surface area contributed by atoms with Crippen molar-refractivity contribution in [2.45, 2.75) is 6.92 Å². The molecule has 136 valence electrons. The van der Waals surface area contributed by atoms with Gasteiger partial charge in [0, 0.05) is 27.2 Å². The maximum absolute atomic E-state index is 12.5. The van der Waals surface area contributed by atoms with Gasteiger partial charge >= 0.3 is 5.69 Å². The summed E-state index contributed by atoms with van der Waals surface area (Å²) in [7, 11) is 0. The Morgan fingerprint density at radius 1 is 1.33 bits per heavy atom. The van der Waals surface area contributed by atoms with Gasteiger partial charge in [-0.05, 0) is 25.1 Å². The minimum Gasteiger partial charge on any atom is -0.502 e. The van der Waals surface area contributed by atoms with Gasteiger partial charge in [0.2, 0.25) is 5.75 Å². The summed E-state index contributed by atoms with van der Waals surface area (Å²) in [5.41, 5.74) is 3.77. The number of nitrogens with zero attached hydrogens (tertiary/aromatic N) is 3. The van der Waals surface area contributed by atoms with Gasteiger partial charge in [-0.1, -0.05) is 34.1 Å². The molecule has 0 spiro atoms. The van der Waals surface area contributed by atoms with E-state index in [1.807, 2.05) is 6.07 Å². The summed E-state index contributed by atoms with van der Waals surface area (Å²) in [4.78, 5) is 27.1. The number of aromatic hydroxyl groups is 1. The number of para-hydroxylation sites is 1. The Bertz CT molecular complexity index is 1100. The molecule has 0 saturated heterocycles. The predicted octanol–water partition coefficient (Wildman–Crippen LogP) is 3.68. The van der Waals surface area contributed by atoms with Gasteiger partial charge in [-0.2, -0.15) is 5.10 Å². The van der Waals surface area contributed by atoms with E-state index in [4.69, 9.17) is 0 Å². The highest BCUT2D eigenvalue weighted by atomic mass is 79.9. The number of nitro benzene ring substituents is 1. The summed E-state index contributed by atoms with van der Waals surface area (Å²) in [6.07, 6.45) is 1.14. The average Bonchev–Trinajstić information content (AvgIpc) is 2.63. The first-order chi connectivity index (χ1) is 12.9. The van der Waals surface area contributed by atoms with Gasteiger partial charge in [-0.15, -0.1) is 0 Å². The molecular formula is C18H13BrN4O4. The number of aromatic nitrogens is 1. The highest BCUT2D eigenvalue weighted by molar-refractivity contribution is 9.10. The number of rotatable bonds is 4. The quantitative estimate of drug-likeness (QED) is 0.373. The van der Waals surface area contributed by atoms with Crippen molar-refractivity contribution in [1.29, 1.82) is 0 Å². The molecule has 2 aromatic carbocycles. The first kappa shape index (κ1) is 18.5. The largest absolute Gasteiger partial charge is 0.502 e. The van der Waals surface area contributed by atoms with E-state index in [1.54, 1.807) is 31.2 Å². The highest BCUT2D eigenvalue weighted by Crippen LogP contribution is 2.32. The summed E-state index contributed by atoms with van der Waals surface area (Å²) in [5, 5.41) is 25.4. The number of nitrogens with one attached hydrogen (secondary N) is 1. The SMILES string of the molecule is Cc1cc(C(=O)N/N=C/c2cc(Br)cc([N+](=O)[O-])c2O)c2ccccc2n1. The molecule has 0 atom stereocenters. The molecular weight excluding hydrogens is 416 g/mol. The van der Waals surface area contributed by atoms with Crippen LogP contribution in [0.15, 0.2) is 52.0 Å². The van der Waals surface area contributed by atoms with E-state index in [2.05, 4.69) is 31.4 Å². The van der Waals surface area contributed by atoms with Crippen LogP contribution in [0, 0.1) is 17.0 Å². The normalized spacial score (nSPS) is 11.0. The minimum atomic E-state index is -0.706. The molecule has 0 aliphatic heterocycles. The lowest BCUT2D eigenvalue weighted by atomic mass is 10.1. The van der Waals surface area contributed by atoms with Crippen LogP contribution in [0.1, 0.15) is 21.6 Å². The number of phenolic OH excluding ortho intramolecular Hbond substituents is 1. The van der Waals surface area contributed by atoms with Crippen LogP contribution in [-0.4, -0.2) is 27.1 Å². The van der Waals surface area contributed by atoms with Crippen molar-refractivity contribution in [1.82, 2.24) is 10.4 Å². The van der Waals surface area contributed by atoms with E-state index >= 15 is 0 Å². The van der Waals surface area contributed by atoms with Gasteiger partial charge in [0.25, 0.3) is 5.91 Å². The standard InChI is InChI=1S/C18H13BrN4O4/c1-10-6-14(13-4-2-3-5-15(13)21-10)18(25)22-20-9-11-7-12(19)8-16(17(11)24)23(26)27/h2-9,24H,1H3,(H,22,25)/b20-9+. The van der Waals surface area contributed by atoms with Crippen LogP contribution in [0.3, 0.4) is 0 Å². The van der Waals surface area contributed by atoms with Gasteiger partial charge in [-0.25, -0.2) is 5.43 Å². The number of fused-ring (bicyclic) bond motifs is 1. The number of aryl methyl sites for hydroxylation is 1. The number of benzene rings is 2. The molecule has 3 rings (SSSR count). The number of nitro groups is 1. The second kappa shape index (κ2) is 7.50. The van der Waals surface area contributed by atoms with Gasteiger partial charge < -0.3 is 5.11 Å². The molecule has 0 saturated carbocycles. The molecule has 3 aromatic rings. The molecule has 1 aromatic heterocycles. The number of carbonyl (C=O) groups is 1. The van der Waals surface area contributed by atoms with Crippen LogP contribution in [0.4, 0.5) is 5.69 Å². The maximum atomic E-state index is 12.5. The number of amides is 1. The minimum absolute atomic E-state index is 0.0899. The van der Waals surface area contributed by atoms with Gasteiger partial charge in [0.05, 0.1) is 22.2 Å². The van der Waals surface area contributed by atoms with E-state index in [9.17, 15) is 20.0 Å². The summed E-state index contributed by atoms with van der Waals surface area (Å²) < 4.78 is 0.399. The first-order valence-electron chi connectivity index (χ1n) is 7.73. The lowest BCUT2D eigenvalue weighted by Gasteiger charge is -2.06. The monoisotopic (exact) mass is 428 g/mol. The summed E-state index contributed by atoms with van der Waals surface area (Å²) in [6, 6.07) is 11.5. The zero-order valence-corrected chi connectivity index (χ0v) is 15.6. The Kier molecular flexibility index (Phi) is 5.13. The second-order valence-corrected chi connectivity index (χ2v) is 6.56. The molecule has 8 nitrogen and oxygen atoms in total. The molecule has 0 aliphatic rings. The zero-order chi connectivity index (χ0) is 19.6. The Morgan fingerprint density at radius 3 is 2.81 bits per heavy atom. The van der Waals surface area contributed by atoms with Crippen LogP contribution in [0.25, 0.3) is 10.9 Å². The fourth-order valence-electron chi connectivity index (χ4n) is 2.56. The van der Waals surface area contributed by atoms with Gasteiger partial charge in [0.1, 0.15) is 0 Å². The van der Waals surface area contributed by atoms with E-state index in [1.165, 1.54) is 12.1 Å². The molecule has 0 aliphatic carbocycles. The Labute approximate surface area is 161 Å². The number of pyridine rings is 1. The topological polar surface area (TPSA) is 118 Å². The van der Waals surface area contributed by atoms with Crippen molar-refractivity contribution < 1.29 is 14.8 Å². The third kappa shape index (κ3) is 3.93. The van der Waals surface area contributed by atoms with Crippen molar-refractivity contribution in [3.63, 3.8) is 0 Å². The van der Waals surface area contributed by atoms with Crippen molar-refractivity contribution >= 4 is 44.6 Å². The number of hydrogen-bond acceptors (Lipinski definition) is 6. The van der Waals surface area contributed by atoms with Gasteiger partial charge in [-0.3, -0.25) is 19.9 Å². The second-order valence-electron chi connectivity index (χ2n) is 5.65. The molecule has 0 bridgehead atoms. The number of phenols is 1. The molecule has 1 heterocycles. The number of hydrogen-bond donors (Lipinski definition) is 2. The lowest BCUT2D eigenvalue weighted by Crippen LogP contribution is -2.18. The molecule has 27 heavy (non-hydrogen) atoms. The van der Waals surface area contributed by atoms with E-state index < -0.39 is 22.3 Å². The number of hydrazone groups is 1. The van der Waals surface area contributed by atoms with Crippen LogP contribution in [0.5, 0.6) is 5.75 Å². The molecule has 0 unspecified atom stereocenters. The fraction of sp³-hybridized carbons (Fsp3) is 0.0556. The Balaban J connectivity index is 1.88. The molecule has 9 heteroatoms. The van der Waals surface area contributed by atoms with Crippen molar-refractivity contribution in [2.24, 2.45) is 5.10 Å². The molecule has 2 N–H and O–H groups in total. The third-order valence-electron chi connectivity index (χ3n) is 3.74. The van der Waals surface area contributed by atoms with Crippen LogP contribution in [-0.2, 0) is 0 Å². The zero-order valence-electron chi connectivity index (χ0n) is 14.0. The summed E-state index contributed by atoms with van der Waals surface area (Å²) >= 11 is 3.14. The van der Waals surface area contributed by atoms with E-state index in [-0.39, 0.29) is 5.56 Å². The van der Waals surface area contributed by atoms with Gasteiger partial charge in [0.15, 0.2) is 0 Å². The van der Waals surface area contributed by atoms with E-state index in [0.29, 0.717) is 26.6 Å². The van der Waals surface area contributed by atoms with E-state index in [0.717, 1.165) is 6.21 Å². The average molecular weight is 429 g/mol. The third-order valence-corrected chi connectivity index (χ3v) is 4.20. The maximum Gasteiger partial charge on any atom is 0.312 e. The molecule has 1 amide bonds. The number of carbonyl (C=O) groups excluding carboxylic acids is 1. The highest BCUT2D eigenvalue weighted by Gasteiger charge is 2.18. The number of halogens is 1. The van der Waals surface area contributed by atoms with Crippen LogP contribution < -0.4 is 5.43 Å². The summed E-state index contributed by atoms with van der Waals surface area (Å²) in [6.45, 7) is 1.78. The van der Waals surface area contributed by atoms with Crippen molar-refractivity contribution in [3.8, 4) is 5.75 Å². The molecule has 0 fully saturated rings. The van der Waals surface area contributed by atoms with Crippen LogP contribution in [0.2, 0.25) is 0 Å². The Hall–Kier alpha value is -3.33. The molecule has 0 radical (unpaired) electrons. The van der Waals surface area contributed by atoms with Crippen LogP contribution >= 0.6 is 15.9 Å². The Morgan fingerprint density at radius 2 is 2.07 bits per heavy atom. The summed E-state index contributed by atoms with van der Waals surface area (Å²) in [5.74, 6) is -0.997. The smallest absolute Gasteiger partial charge is 0.312 e. The predicted molar refractivity (Wildman–Crippen MR) is 104 cm³/mol. The van der Waals surface area contributed by atoms with Crippen molar-refractivity contribution in [3.05, 3.63) is 73.9 Å². The fourth-order valence-corrected chi connectivity index (χ4v) is 3.02.